The van der Waals surface area contributed by atoms with Crippen molar-refractivity contribution in [2.75, 3.05) is 13.1 Å². The predicted molar refractivity (Wildman–Crippen MR) is 61.8 cm³/mol. The fourth-order valence-corrected chi connectivity index (χ4v) is 2.45. The van der Waals surface area contributed by atoms with Crippen LogP contribution in [0.2, 0.25) is 0 Å². The molecule has 1 saturated heterocycles. The zero-order chi connectivity index (χ0) is 10.7. The van der Waals surface area contributed by atoms with Crippen LogP contribution in [0.1, 0.15) is 24.8 Å². The molecule has 15 heavy (non-hydrogen) atoms. The molecule has 1 heterocycles. The summed E-state index contributed by atoms with van der Waals surface area (Å²) >= 11 is 0. The van der Waals surface area contributed by atoms with Gasteiger partial charge in [0.15, 0.2) is 0 Å². The van der Waals surface area contributed by atoms with Gasteiger partial charge in [-0.15, -0.1) is 0 Å². The van der Waals surface area contributed by atoms with Crippen LogP contribution in [0.15, 0.2) is 30.3 Å². The quantitative estimate of drug-likeness (QED) is 0.771. The maximum atomic E-state index is 9.94. The first kappa shape index (κ1) is 10.7. The van der Waals surface area contributed by atoms with Gasteiger partial charge in [-0.05, 0) is 30.4 Å². The van der Waals surface area contributed by atoms with Crippen molar-refractivity contribution in [2.24, 2.45) is 5.92 Å². The van der Waals surface area contributed by atoms with Crippen LogP contribution in [0.5, 0.6) is 0 Å². The number of rotatable bonds is 2. The Morgan fingerprint density at radius 3 is 2.73 bits per heavy atom. The van der Waals surface area contributed by atoms with Gasteiger partial charge in [0.1, 0.15) is 0 Å². The highest BCUT2D eigenvalue weighted by molar-refractivity contribution is 5.20. The van der Waals surface area contributed by atoms with Crippen molar-refractivity contribution in [3.8, 4) is 0 Å². The first-order chi connectivity index (χ1) is 7.29. The highest BCUT2D eigenvalue weighted by Crippen LogP contribution is 2.30. The molecule has 3 atom stereocenters. The third-order valence-electron chi connectivity index (χ3n) is 3.47. The lowest BCUT2D eigenvalue weighted by Gasteiger charge is -2.33. The van der Waals surface area contributed by atoms with E-state index in [2.05, 4.69) is 36.5 Å². The van der Waals surface area contributed by atoms with Gasteiger partial charge in [-0.1, -0.05) is 37.3 Å². The molecule has 0 bridgehead atoms. The first-order valence-corrected chi connectivity index (χ1v) is 5.73. The molecule has 1 aromatic rings. The number of nitrogens with one attached hydrogen (secondary N) is 1. The van der Waals surface area contributed by atoms with Crippen LogP contribution in [0.4, 0.5) is 0 Å². The normalized spacial score (nSPS) is 28.7. The SMILES string of the molecule is CC(c1ccccc1)[C@@H]1CCNC[C@H]1O. The molecular weight excluding hydrogens is 186 g/mol. The number of aliphatic hydroxyl groups excluding tert-OH is 1. The molecule has 0 saturated carbocycles. The lowest BCUT2D eigenvalue weighted by molar-refractivity contribution is 0.0695. The molecule has 0 amide bonds. The molecule has 2 nitrogen and oxygen atoms in total. The summed E-state index contributed by atoms with van der Waals surface area (Å²) in [5.74, 6) is 0.844. The Kier molecular flexibility index (Phi) is 3.39. The maximum Gasteiger partial charge on any atom is 0.0698 e. The molecule has 2 heteroatoms. The van der Waals surface area contributed by atoms with E-state index in [1.54, 1.807) is 0 Å². The summed E-state index contributed by atoms with van der Waals surface area (Å²) in [5.41, 5.74) is 1.34. The van der Waals surface area contributed by atoms with E-state index in [9.17, 15) is 5.11 Å². The van der Waals surface area contributed by atoms with E-state index in [1.165, 1.54) is 5.56 Å². The summed E-state index contributed by atoms with van der Waals surface area (Å²) in [4.78, 5) is 0. The van der Waals surface area contributed by atoms with Gasteiger partial charge in [0.05, 0.1) is 6.10 Å². The van der Waals surface area contributed by atoms with E-state index in [1.807, 2.05) is 6.07 Å². The van der Waals surface area contributed by atoms with Gasteiger partial charge in [-0.25, -0.2) is 0 Å². The molecule has 0 aliphatic carbocycles. The summed E-state index contributed by atoms with van der Waals surface area (Å²) < 4.78 is 0. The summed E-state index contributed by atoms with van der Waals surface area (Å²) in [7, 11) is 0. The van der Waals surface area contributed by atoms with E-state index >= 15 is 0 Å². The Hall–Kier alpha value is -0.860. The second-order valence-corrected chi connectivity index (χ2v) is 4.42. The minimum absolute atomic E-state index is 0.200. The number of aliphatic hydroxyl groups is 1. The summed E-state index contributed by atoms with van der Waals surface area (Å²) in [6.45, 7) is 3.98. The molecule has 1 aliphatic heterocycles. The van der Waals surface area contributed by atoms with Crippen molar-refractivity contribution in [1.29, 1.82) is 0 Å². The van der Waals surface area contributed by atoms with Crippen LogP contribution in [-0.2, 0) is 0 Å². The van der Waals surface area contributed by atoms with Crippen LogP contribution in [-0.4, -0.2) is 24.3 Å². The van der Waals surface area contributed by atoms with Crippen molar-refractivity contribution >= 4 is 0 Å². The fraction of sp³-hybridized carbons (Fsp3) is 0.538. The fourth-order valence-electron chi connectivity index (χ4n) is 2.45. The van der Waals surface area contributed by atoms with Crippen LogP contribution in [0, 0.1) is 5.92 Å². The number of hydrogen-bond donors (Lipinski definition) is 2. The van der Waals surface area contributed by atoms with Gasteiger partial charge in [-0.3, -0.25) is 0 Å². The smallest absolute Gasteiger partial charge is 0.0698 e. The topological polar surface area (TPSA) is 32.3 Å². The number of piperidine rings is 1. The first-order valence-electron chi connectivity index (χ1n) is 5.73. The molecule has 1 aromatic carbocycles. The van der Waals surface area contributed by atoms with Gasteiger partial charge in [-0.2, -0.15) is 0 Å². The average Bonchev–Trinajstić information content (AvgIpc) is 2.30. The number of benzene rings is 1. The van der Waals surface area contributed by atoms with Gasteiger partial charge < -0.3 is 10.4 Å². The van der Waals surface area contributed by atoms with E-state index in [0.717, 1.165) is 19.5 Å². The van der Waals surface area contributed by atoms with Crippen LogP contribution in [0.3, 0.4) is 0 Å². The molecule has 0 radical (unpaired) electrons. The lowest BCUT2D eigenvalue weighted by Crippen LogP contribution is -2.42. The maximum absolute atomic E-state index is 9.94. The summed E-state index contributed by atoms with van der Waals surface area (Å²) in [6.07, 6.45) is 0.867. The average molecular weight is 205 g/mol. The van der Waals surface area contributed by atoms with Crippen LogP contribution >= 0.6 is 0 Å². The molecule has 1 unspecified atom stereocenters. The third-order valence-corrected chi connectivity index (χ3v) is 3.47. The second-order valence-electron chi connectivity index (χ2n) is 4.42. The Morgan fingerprint density at radius 1 is 1.33 bits per heavy atom. The van der Waals surface area contributed by atoms with Crippen molar-refractivity contribution < 1.29 is 5.11 Å². The van der Waals surface area contributed by atoms with Crippen molar-refractivity contribution in [1.82, 2.24) is 5.32 Å². The number of β-amino-alcohol motifs (C(OH)–C–C–N with tert-alkyl or cyclic N) is 1. The third kappa shape index (κ3) is 2.39. The van der Waals surface area contributed by atoms with Crippen LogP contribution in [0.25, 0.3) is 0 Å². The van der Waals surface area contributed by atoms with Gasteiger partial charge in [0, 0.05) is 6.54 Å². The van der Waals surface area contributed by atoms with Gasteiger partial charge in [0.2, 0.25) is 0 Å². The molecular formula is C13H19NO. The highest BCUT2D eigenvalue weighted by Gasteiger charge is 2.28. The Labute approximate surface area is 91.3 Å². The molecule has 0 spiro atoms. The molecule has 82 valence electrons. The Bertz CT molecular complexity index is 299. The molecule has 1 aliphatic rings. The van der Waals surface area contributed by atoms with Crippen molar-refractivity contribution in [2.45, 2.75) is 25.4 Å². The predicted octanol–water partition coefficient (Wildman–Crippen LogP) is 1.76. The molecule has 0 aromatic heterocycles. The lowest BCUT2D eigenvalue weighted by atomic mass is 9.80. The molecule has 2 N–H and O–H groups in total. The number of hydrogen-bond acceptors (Lipinski definition) is 2. The zero-order valence-corrected chi connectivity index (χ0v) is 9.19. The molecule has 1 fully saturated rings. The summed E-state index contributed by atoms with van der Waals surface area (Å²) in [6, 6.07) is 10.5. The van der Waals surface area contributed by atoms with Crippen molar-refractivity contribution in [3.63, 3.8) is 0 Å². The Morgan fingerprint density at radius 2 is 2.07 bits per heavy atom. The minimum atomic E-state index is -0.200. The van der Waals surface area contributed by atoms with E-state index in [4.69, 9.17) is 0 Å². The van der Waals surface area contributed by atoms with Gasteiger partial charge >= 0.3 is 0 Å². The zero-order valence-electron chi connectivity index (χ0n) is 9.19. The van der Waals surface area contributed by atoms with Crippen LogP contribution < -0.4 is 5.32 Å². The largest absolute Gasteiger partial charge is 0.391 e. The van der Waals surface area contributed by atoms with E-state index in [-0.39, 0.29) is 6.10 Å². The van der Waals surface area contributed by atoms with E-state index < -0.39 is 0 Å². The minimum Gasteiger partial charge on any atom is -0.391 e. The Balaban J connectivity index is 2.09. The monoisotopic (exact) mass is 205 g/mol. The summed E-state index contributed by atoms with van der Waals surface area (Å²) in [5, 5.41) is 13.2. The molecule has 2 rings (SSSR count). The second kappa shape index (κ2) is 4.77. The highest BCUT2D eigenvalue weighted by atomic mass is 16.3. The van der Waals surface area contributed by atoms with Crippen molar-refractivity contribution in [3.05, 3.63) is 35.9 Å². The van der Waals surface area contributed by atoms with E-state index in [0.29, 0.717) is 11.8 Å². The van der Waals surface area contributed by atoms with Gasteiger partial charge in [0.25, 0.3) is 0 Å². The standard InChI is InChI=1S/C13H19NO/c1-10(11-5-3-2-4-6-11)12-7-8-14-9-13(12)15/h2-6,10,12-15H,7-9H2,1H3/t10?,12-,13+/m0/s1.